The number of aromatic nitrogens is 1. The van der Waals surface area contributed by atoms with E-state index in [-0.39, 0.29) is 16.0 Å². The second-order valence-electron chi connectivity index (χ2n) is 5.94. The molecule has 0 radical (unpaired) electrons. The maximum Gasteiger partial charge on any atom is 0.436 e. The lowest BCUT2D eigenvalue weighted by atomic mass is 10.1. The van der Waals surface area contributed by atoms with Gasteiger partial charge in [0, 0.05) is 17.7 Å². The highest BCUT2D eigenvalue weighted by molar-refractivity contribution is 7.90. The van der Waals surface area contributed by atoms with Gasteiger partial charge in [0.1, 0.15) is 4.90 Å². The molecule has 12 heteroatoms. The van der Waals surface area contributed by atoms with Crippen molar-refractivity contribution < 1.29 is 35.7 Å². The van der Waals surface area contributed by atoms with Crippen molar-refractivity contribution in [3.05, 3.63) is 41.1 Å². The summed E-state index contributed by atoms with van der Waals surface area (Å²) in [5.74, 6) is -2.19. The fourth-order valence-electron chi connectivity index (χ4n) is 2.55. The molecule has 1 aromatic heterocycles. The minimum absolute atomic E-state index is 0.0840. The highest BCUT2D eigenvalue weighted by atomic mass is 32.2. The fraction of sp³-hybridized carbons (Fsp3) is 0.267. The molecule has 2 amide bonds. The first-order chi connectivity index (χ1) is 12.4. The average Bonchev–Trinajstić information content (AvgIpc) is 3.09. The quantitative estimate of drug-likeness (QED) is 0.843. The number of rotatable bonds is 3. The Morgan fingerprint density at radius 2 is 1.93 bits per heavy atom. The standard InChI is InChI=1S/C15H12F3N3O5S/c1-7(2)21-14(23)9-4-3-8(5-10(9)27(21,24)25)13(22)19-12-6-11(20-26-12)15(16,17)18/h3-7H,1-2H3,(H,19,22). The van der Waals surface area contributed by atoms with Gasteiger partial charge >= 0.3 is 6.18 Å². The molecule has 8 nitrogen and oxygen atoms in total. The normalized spacial score (nSPS) is 15.9. The molecule has 0 saturated carbocycles. The van der Waals surface area contributed by atoms with Gasteiger partial charge in [0.25, 0.3) is 21.8 Å². The monoisotopic (exact) mass is 403 g/mol. The number of hydrogen-bond acceptors (Lipinski definition) is 6. The molecule has 0 unspecified atom stereocenters. The largest absolute Gasteiger partial charge is 0.436 e. The molecule has 0 saturated heterocycles. The summed E-state index contributed by atoms with van der Waals surface area (Å²) in [5, 5.41) is 4.85. The van der Waals surface area contributed by atoms with E-state index in [2.05, 4.69) is 15.0 Å². The summed E-state index contributed by atoms with van der Waals surface area (Å²) < 4.78 is 67.6. The summed E-state index contributed by atoms with van der Waals surface area (Å²) in [5.41, 5.74) is -1.59. The fourth-order valence-corrected chi connectivity index (χ4v) is 4.34. The van der Waals surface area contributed by atoms with Gasteiger partial charge in [-0.3, -0.25) is 14.9 Å². The first kappa shape index (κ1) is 18.9. The van der Waals surface area contributed by atoms with Gasteiger partial charge in [-0.1, -0.05) is 5.16 Å². The van der Waals surface area contributed by atoms with Crippen molar-refractivity contribution in [2.75, 3.05) is 5.32 Å². The smallest absolute Gasteiger partial charge is 0.338 e. The van der Waals surface area contributed by atoms with Crippen LogP contribution in [0.25, 0.3) is 0 Å². The number of sulfonamides is 1. The van der Waals surface area contributed by atoms with E-state index in [0.717, 1.165) is 6.07 Å². The minimum atomic E-state index is -4.74. The molecule has 3 rings (SSSR count). The number of anilines is 1. The van der Waals surface area contributed by atoms with Gasteiger partial charge < -0.3 is 4.52 Å². The molecule has 0 aliphatic carbocycles. The van der Waals surface area contributed by atoms with E-state index in [1.165, 1.54) is 26.0 Å². The third kappa shape index (κ3) is 3.16. The number of halogens is 3. The molecule has 27 heavy (non-hydrogen) atoms. The topological polar surface area (TPSA) is 110 Å². The zero-order chi connectivity index (χ0) is 20.1. The number of carbonyl (C=O) groups is 2. The summed E-state index contributed by atoms with van der Waals surface area (Å²) in [6, 6.07) is 3.22. The SMILES string of the molecule is CC(C)N1C(=O)c2ccc(C(=O)Nc3cc(C(F)(F)F)no3)cc2S1(=O)=O. The highest BCUT2D eigenvalue weighted by Crippen LogP contribution is 2.33. The van der Waals surface area contributed by atoms with Crippen LogP contribution in [0, 0.1) is 0 Å². The molecule has 1 aromatic carbocycles. The molecular weight excluding hydrogens is 391 g/mol. The van der Waals surface area contributed by atoms with Crippen LogP contribution in [-0.4, -0.2) is 35.7 Å². The zero-order valence-electron chi connectivity index (χ0n) is 13.9. The van der Waals surface area contributed by atoms with E-state index in [0.29, 0.717) is 10.4 Å². The second kappa shape index (κ2) is 6.08. The van der Waals surface area contributed by atoms with Crippen LogP contribution in [0.15, 0.2) is 33.7 Å². The number of hydrogen-bond donors (Lipinski definition) is 1. The summed E-state index contributed by atoms with van der Waals surface area (Å²) in [4.78, 5) is 24.1. The molecule has 1 aliphatic heterocycles. The van der Waals surface area contributed by atoms with Crippen LogP contribution >= 0.6 is 0 Å². The van der Waals surface area contributed by atoms with E-state index in [9.17, 15) is 31.2 Å². The van der Waals surface area contributed by atoms with Crippen molar-refractivity contribution in [3.63, 3.8) is 0 Å². The minimum Gasteiger partial charge on any atom is -0.338 e. The Balaban J connectivity index is 1.90. The number of nitrogens with zero attached hydrogens (tertiary/aromatic N) is 2. The lowest BCUT2D eigenvalue weighted by Gasteiger charge is -2.18. The number of carbonyl (C=O) groups excluding carboxylic acids is 2. The van der Waals surface area contributed by atoms with Crippen molar-refractivity contribution in [3.8, 4) is 0 Å². The molecule has 0 fully saturated rings. The molecule has 0 atom stereocenters. The van der Waals surface area contributed by atoms with Crippen molar-refractivity contribution in [1.82, 2.24) is 9.46 Å². The Hall–Kier alpha value is -2.89. The number of benzene rings is 1. The molecule has 0 bridgehead atoms. The maximum atomic E-state index is 12.5. The number of nitrogens with one attached hydrogen (secondary N) is 1. The van der Waals surface area contributed by atoms with Crippen LogP contribution in [0.3, 0.4) is 0 Å². The van der Waals surface area contributed by atoms with Gasteiger partial charge in [0.15, 0.2) is 5.69 Å². The predicted octanol–water partition coefficient (Wildman–Crippen LogP) is 2.50. The van der Waals surface area contributed by atoms with Gasteiger partial charge in [0.2, 0.25) is 5.88 Å². The Kier molecular flexibility index (Phi) is 4.25. The first-order valence-corrected chi connectivity index (χ1v) is 8.95. The molecule has 1 aliphatic rings. The van der Waals surface area contributed by atoms with Crippen molar-refractivity contribution >= 4 is 27.7 Å². The molecule has 1 N–H and O–H groups in total. The summed E-state index contributed by atoms with van der Waals surface area (Å²) in [6.07, 6.45) is -4.74. The Morgan fingerprint density at radius 3 is 2.48 bits per heavy atom. The van der Waals surface area contributed by atoms with Gasteiger partial charge in [-0.2, -0.15) is 13.2 Å². The Morgan fingerprint density at radius 1 is 1.26 bits per heavy atom. The number of amides is 2. The number of fused-ring (bicyclic) bond motifs is 1. The van der Waals surface area contributed by atoms with Crippen LogP contribution in [-0.2, 0) is 16.2 Å². The molecule has 2 aromatic rings. The van der Waals surface area contributed by atoms with Crippen LogP contribution in [0.5, 0.6) is 0 Å². The zero-order valence-corrected chi connectivity index (χ0v) is 14.7. The number of alkyl halides is 3. The van der Waals surface area contributed by atoms with E-state index in [4.69, 9.17) is 0 Å². The summed E-state index contributed by atoms with van der Waals surface area (Å²) >= 11 is 0. The van der Waals surface area contributed by atoms with Crippen LogP contribution in [0.1, 0.15) is 40.3 Å². The van der Waals surface area contributed by atoms with Crippen LogP contribution in [0.2, 0.25) is 0 Å². The second-order valence-corrected chi connectivity index (χ2v) is 7.72. The predicted molar refractivity (Wildman–Crippen MR) is 84.4 cm³/mol. The third-order valence-electron chi connectivity index (χ3n) is 3.72. The summed E-state index contributed by atoms with van der Waals surface area (Å²) in [7, 11) is -4.12. The van der Waals surface area contributed by atoms with E-state index < -0.39 is 45.6 Å². The maximum absolute atomic E-state index is 12.5. The first-order valence-electron chi connectivity index (χ1n) is 7.51. The van der Waals surface area contributed by atoms with Crippen molar-refractivity contribution in [1.29, 1.82) is 0 Å². The Bertz CT molecular complexity index is 1040. The highest BCUT2D eigenvalue weighted by Gasteiger charge is 2.43. The van der Waals surface area contributed by atoms with Gasteiger partial charge in [-0.25, -0.2) is 12.7 Å². The van der Waals surface area contributed by atoms with Gasteiger partial charge in [-0.15, -0.1) is 0 Å². The molecule has 2 heterocycles. The Labute approximate surface area is 151 Å². The van der Waals surface area contributed by atoms with Crippen LogP contribution in [0.4, 0.5) is 19.1 Å². The molecule has 144 valence electrons. The van der Waals surface area contributed by atoms with Crippen molar-refractivity contribution in [2.45, 2.75) is 31.0 Å². The molecular formula is C15H12F3N3O5S. The van der Waals surface area contributed by atoms with Crippen LogP contribution < -0.4 is 5.32 Å². The third-order valence-corrected chi connectivity index (χ3v) is 5.72. The van der Waals surface area contributed by atoms with Gasteiger partial charge in [0.05, 0.1) is 5.56 Å². The van der Waals surface area contributed by atoms with E-state index in [1.54, 1.807) is 0 Å². The van der Waals surface area contributed by atoms with E-state index >= 15 is 0 Å². The lowest BCUT2D eigenvalue weighted by Crippen LogP contribution is -2.36. The molecule has 0 spiro atoms. The lowest BCUT2D eigenvalue weighted by molar-refractivity contribution is -0.142. The average molecular weight is 403 g/mol. The van der Waals surface area contributed by atoms with Crippen molar-refractivity contribution in [2.24, 2.45) is 0 Å². The van der Waals surface area contributed by atoms with E-state index in [1.807, 2.05) is 0 Å². The van der Waals surface area contributed by atoms with Gasteiger partial charge in [-0.05, 0) is 32.0 Å². The summed E-state index contributed by atoms with van der Waals surface area (Å²) in [6.45, 7) is 3.05.